The van der Waals surface area contributed by atoms with E-state index in [1.165, 1.54) is 75.2 Å². The molecule has 3 heteroatoms. The molecule has 2 rings (SSSR count). The Kier molecular flexibility index (Phi) is 9.65. The lowest BCUT2D eigenvalue weighted by Crippen LogP contribution is -2.34. The monoisotopic (exact) mass is 345 g/mol. The number of imidazole rings is 1. The summed E-state index contributed by atoms with van der Waals surface area (Å²) in [5.41, 5.74) is 2.58. The van der Waals surface area contributed by atoms with E-state index in [0.29, 0.717) is 6.73 Å². The second kappa shape index (κ2) is 12.1. The molecular formula is C22H37N2O+. The maximum Gasteiger partial charge on any atom is 0.246 e. The van der Waals surface area contributed by atoms with Crippen LogP contribution in [0.1, 0.15) is 78.1 Å². The molecule has 0 spiro atoms. The number of para-hydroxylation sites is 2. The molecule has 0 amide bonds. The van der Waals surface area contributed by atoms with Crippen molar-refractivity contribution in [2.45, 2.75) is 91.3 Å². The van der Waals surface area contributed by atoms with Crippen LogP contribution < -0.4 is 4.57 Å². The van der Waals surface area contributed by atoms with Crippen LogP contribution >= 0.6 is 0 Å². The van der Waals surface area contributed by atoms with Crippen molar-refractivity contribution in [2.24, 2.45) is 0 Å². The van der Waals surface area contributed by atoms with Gasteiger partial charge in [-0.3, -0.25) is 0 Å². The first-order valence-corrected chi connectivity index (χ1v) is 10.4. The van der Waals surface area contributed by atoms with E-state index in [1.54, 1.807) is 0 Å². The van der Waals surface area contributed by atoms with Gasteiger partial charge in [0, 0.05) is 0 Å². The maximum absolute atomic E-state index is 5.94. The molecule has 0 saturated carbocycles. The molecule has 3 nitrogen and oxygen atoms in total. The molecule has 0 aliphatic heterocycles. The van der Waals surface area contributed by atoms with Crippen molar-refractivity contribution in [3.05, 3.63) is 30.6 Å². The Morgan fingerprint density at radius 1 is 0.840 bits per heavy atom. The maximum atomic E-state index is 5.94. The fraction of sp³-hybridized carbons (Fsp3) is 0.682. The van der Waals surface area contributed by atoms with Gasteiger partial charge in [0.05, 0.1) is 13.2 Å². The number of benzene rings is 1. The highest BCUT2D eigenvalue weighted by Crippen LogP contribution is 2.12. The van der Waals surface area contributed by atoms with Gasteiger partial charge in [0.15, 0.2) is 17.8 Å². The third kappa shape index (κ3) is 6.81. The Morgan fingerprint density at radius 2 is 1.52 bits per heavy atom. The third-order valence-electron chi connectivity index (χ3n) is 4.90. The van der Waals surface area contributed by atoms with E-state index in [2.05, 4.69) is 53.6 Å². The molecule has 0 fully saturated rings. The van der Waals surface area contributed by atoms with Gasteiger partial charge < -0.3 is 4.74 Å². The molecule has 1 aromatic carbocycles. The van der Waals surface area contributed by atoms with Crippen LogP contribution in [0.25, 0.3) is 11.0 Å². The van der Waals surface area contributed by atoms with Crippen molar-refractivity contribution in [3.8, 4) is 0 Å². The zero-order valence-electron chi connectivity index (χ0n) is 16.4. The first-order chi connectivity index (χ1) is 12.4. The van der Waals surface area contributed by atoms with Crippen molar-refractivity contribution in [1.29, 1.82) is 0 Å². The molecule has 0 aliphatic carbocycles. The molecule has 1 heterocycles. The van der Waals surface area contributed by atoms with Crippen LogP contribution in [0.5, 0.6) is 0 Å². The second-order valence-corrected chi connectivity index (χ2v) is 7.13. The molecular weight excluding hydrogens is 308 g/mol. The van der Waals surface area contributed by atoms with Gasteiger partial charge in [0.25, 0.3) is 0 Å². The van der Waals surface area contributed by atoms with Gasteiger partial charge in [0.2, 0.25) is 6.33 Å². The highest BCUT2D eigenvalue weighted by Gasteiger charge is 2.14. The topological polar surface area (TPSA) is 18.0 Å². The summed E-state index contributed by atoms with van der Waals surface area (Å²) in [4.78, 5) is 0. The Balaban J connectivity index is 1.69. The summed E-state index contributed by atoms with van der Waals surface area (Å²) >= 11 is 0. The van der Waals surface area contributed by atoms with E-state index < -0.39 is 0 Å². The minimum atomic E-state index is 0.663. The Morgan fingerprint density at radius 3 is 2.28 bits per heavy atom. The quantitative estimate of drug-likeness (QED) is 0.310. The summed E-state index contributed by atoms with van der Waals surface area (Å²) in [6.45, 7) is 7.14. The summed E-state index contributed by atoms with van der Waals surface area (Å²) in [5.74, 6) is 0. The molecule has 0 radical (unpaired) electrons. The van der Waals surface area contributed by atoms with Crippen LogP contribution in [0.4, 0.5) is 0 Å². The normalized spacial score (nSPS) is 11.4. The average molecular weight is 346 g/mol. The van der Waals surface area contributed by atoms with Gasteiger partial charge >= 0.3 is 0 Å². The molecule has 25 heavy (non-hydrogen) atoms. The standard InChI is InChI=1S/C22H37N2O/c1-3-5-7-8-9-10-11-14-18-25-20-24-19-23(17-6-4-2)21-15-12-13-16-22(21)24/h12-13,15-16,19H,3-11,14,17-18,20H2,1-2H3/q+1. The van der Waals surface area contributed by atoms with E-state index in [-0.39, 0.29) is 0 Å². The summed E-state index contributed by atoms with van der Waals surface area (Å²) in [7, 11) is 0. The zero-order valence-corrected chi connectivity index (χ0v) is 16.4. The lowest BCUT2D eigenvalue weighted by molar-refractivity contribution is -0.710. The first-order valence-electron chi connectivity index (χ1n) is 10.4. The Bertz CT molecular complexity index is 591. The number of hydrogen-bond acceptors (Lipinski definition) is 1. The molecule has 1 aromatic heterocycles. The van der Waals surface area contributed by atoms with Crippen LogP contribution in [0.3, 0.4) is 0 Å². The highest BCUT2D eigenvalue weighted by atomic mass is 16.5. The van der Waals surface area contributed by atoms with Crippen LogP contribution in [0.2, 0.25) is 0 Å². The third-order valence-corrected chi connectivity index (χ3v) is 4.90. The number of ether oxygens (including phenoxy) is 1. The van der Waals surface area contributed by atoms with Gasteiger partial charge in [-0.05, 0) is 25.0 Å². The van der Waals surface area contributed by atoms with Crippen molar-refractivity contribution in [1.82, 2.24) is 4.57 Å². The van der Waals surface area contributed by atoms with Crippen LogP contribution in [0.15, 0.2) is 30.6 Å². The minimum absolute atomic E-state index is 0.663. The van der Waals surface area contributed by atoms with Gasteiger partial charge in [-0.15, -0.1) is 0 Å². The lowest BCUT2D eigenvalue weighted by atomic mass is 10.1. The second-order valence-electron chi connectivity index (χ2n) is 7.13. The molecule has 140 valence electrons. The summed E-state index contributed by atoms with van der Waals surface area (Å²) in [6.07, 6.45) is 15.4. The predicted octanol–water partition coefficient (Wildman–Crippen LogP) is 5.84. The number of fused-ring (bicyclic) bond motifs is 1. The van der Waals surface area contributed by atoms with Crippen molar-refractivity contribution in [3.63, 3.8) is 0 Å². The smallest absolute Gasteiger partial charge is 0.246 e. The molecule has 0 saturated heterocycles. The van der Waals surface area contributed by atoms with Crippen LogP contribution in [0, 0.1) is 0 Å². The van der Waals surface area contributed by atoms with Gasteiger partial charge in [0.1, 0.15) is 0 Å². The summed E-state index contributed by atoms with van der Waals surface area (Å²) in [5, 5.41) is 0. The lowest BCUT2D eigenvalue weighted by Gasteiger charge is -2.03. The molecule has 0 unspecified atom stereocenters. The van der Waals surface area contributed by atoms with E-state index in [4.69, 9.17) is 4.74 Å². The minimum Gasteiger partial charge on any atom is -0.342 e. The fourth-order valence-corrected chi connectivity index (χ4v) is 3.35. The van der Waals surface area contributed by atoms with Gasteiger partial charge in [-0.25, -0.2) is 9.13 Å². The SMILES string of the molecule is CCCCCCCCCCOC[n+]1cn(CCCC)c2ccccc21. The number of aryl methyl sites for hydroxylation is 1. The highest BCUT2D eigenvalue weighted by molar-refractivity contribution is 5.71. The van der Waals surface area contributed by atoms with E-state index in [9.17, 15) is 0 Å². The number of hydrogen-bond donors (Lipinski definition) is 0. The summed E-state index contributed by atoms with van der Waals surface area (Å²) < 4.78 is 10.5. The van der Waals surface area contributed by atoms with Crippen LogP contribution in [-0.2, 0) is 18.0 Å². The largest absolute Gasteiger partial charge is 0.342 e. The summed E-state index contributed by atoms with van der Waals surface area (Å²) in [6, 6.07) is 8.63. The van der Waals surface area contributed by atoms with Crippen molar-refractivity contribution in [2.75, 3.05) is 6.61 Å². The number of unbranched alkanes of at least 4 members (excludes halogenated alkanes) is 8. The van der Waals surface area contributed by atoms with Gasteiger partial charge in [-0.2, -0.15) is 0 Å². The zero-order chi connectivity index (χ0) is 17.7. The van der Waals surface area contributed by atoms with Crippen molar-refractivity contribution < 1.29 is 9.30 Å². The molecule has 2 aromatic rings. The first kappa shape index (κ1) is 20.0. The van der Waals surface area contributed by atoms with E-state index in [1.807, 2.05) is 0 Å². The average Bonchev–Trinajstić information content (AvgIpc) is 2.99. The predicted molar refractivity (Wildman–Crippen MR) is 106 cm³/mol. The fourth-order valence-electron chi connectivity index (χ4n) is 3.35. The van der Waals surface area contributed by atoms with E-state index >= 15 is 0 Å². The number of nitrogens with zero attached hydrogens (tertiary/aromatic N) is 2. The number of aromatic nitrogens is 2. The molecule has 0 atom stereocenters. The molecule has 0 bridgehead atoms. The van der Waals surface area contributed by atoms with E-state index in [0.717, 1.165) is 13.2 Å². The Labute approximate surface area is 154 Å². The number of rotatable bonds is 14. The van der Waals surface area contributed by atoms with Crippen molar-refractivity contribution >= 4 is 11.0 Å². The molecule has 0 N–H and O–H groups in total. The van der Waals surface area contributed by atoms with Crippen LogP contribution in [-0.4, -0.2) is 11.2 Å². The Hall–Kier alpha value is -1.35. The van der Waals surface area contributed by atoms with Gasteiger partial charge in [-0.1, -0.05) is 77.3 Å². The molecule has 0 aliphatic rings.